The van der Waals surface area contributed by atoms with Crippen LogP contribution >= 0.6 is 0 Å². The van der Waals surface area contributed by atoms with Crippen LogP contribution in [0.1, 0.15) is 72.6 Å². The first-order valence-electron chi connectivity index (χ1n) is 8.57. The molecule has 2 N–H and O–H groups in total. The van der Waals surface area contributed by atoms with Gasteiger partial charge >= 0.3 is 6.09 Å². The van der Waals surface area contributed by atoms with Crippen LogP contribution in [0.5, 0.6) is 0 Å². The molecule has 2 saturated carbocycles. The lowest BCUT2D eigenvalue weighted by molar-refractivity contribution is 0.0489. The molecule has 0 aromatic rings. The monoisotopic (exact) mass is 296 g/mol. The molecule has 2 rings (SSSR count). The van der Waals surface area contributed by atoms with Crippen molar-refractivity contribution in [3.05, 3.63) is 0 Å². The van der Waals surface area contributed by atoms with E-state index in [-0.39, 0.29) is 12.1 Å². The van der Waals surface area contributed by atoms with Crippen LogP contribution in [0.15, 0.2) is 0 Å². The third kappa shape index (κ3) is 6.68. The zero-order valence-corrected chi connectivity index (χ0v) is 14.1. The maximum absolute atomic E-state index is 11.8. The molecule has 0 bridgehead atoms. The van der Waals surface area contributed by atoms with E-state index in [2.05, 4.69) is 17.6 Å². The van der Waals surface area contributed by atoms with E-state index in [0.29, 0.717) is 12.1 Å². The molecule has 0 aliphatic heterocycles. The summed E-state index contributed by atoms with van der Waals surface area (Å²) in [5, 5.41) is 6.76. The molecule has 0 radical (unpaired) electrons. The molecule has 1 amide bonds. The van der Waals surface area contributed by atoms with Gasteiger partial charge in [0.2, 0.25) is 0 Å². The summed E-state index contributed by atoms with van der Waals surface area (Å²) in [4.78, 5) is 11.8. The highest BCUT2D eigenvalue weighted by atomic mass is 16.6. The highest BCUT2D eigenvalue weighted by Crippen LogP contribution is 2.33. The molecule has 4 nitrogen and oxygen atoms in total. The lowest BCUT2D eigenvalue weighted by Crippen LogP contribution is -2.45. The molecule has 122 valence electrons. The number of alkyl carbamates (subject to hydrolysis) is 1. The second-order valence-electron chi connectivity index (χ2n) is 7.94. The second kappa shape index (κ2) is 6.99. The third-order valence-corrected chi connectivity index (χ3v) is 4.35. The van der Waals surface area contributed by atoms with Gasteiger partial charge in [0.25, 0.3) is 0 Å². The van der Waals surface area contributed by atoms with E-state index < -0.39 is 5.60 Å². The van der Waals surface area contributed by atoms with Crippen LogP contribution in [-0.2, 0) is 4.74 Å². The summed E-state index contributed by atoms with van der Waals surface area (Å²) < 4.78 is 5.32. The Morgan fingerprint density at radius 2 is 1.67 bits per heavy atom. The van der Waals surface area contributed by atoms with Crippen molar-refractivity contribution in [1.29, 1.82) is 0 Å². The molecule has 0 saturated heterocycles. The van der Waals surface area contributed by atoms with Gasteiger partial charge in [0, 0.05) is 18.1 Å². The SMILES string of the molecule is CC(CC1CC1)NC1CCC(NC(=O)OC(C)(C)C)CC1. The Labute approximate surface area is 129 Å². The Morgan fingerprint density at radius 1 is 1.10 bits per heavy atom. The van der Waals surface area contributed by atoms with E-state index in [1.165, 1.54) is 19.3 Å². The maximum Gasteiger partial charge on any atom is 0.407 e. The highest BCUT2D eigenvalue weighted by molar-refractivity contribution is 5.68. The van der Waals surface area contributed by atoms with Gasteiger partial charge in [-0.1, -0.05) is 12.8 Å². The lowest BCUT2D eigenvalue weighted by atomic mass is 9.90. The Morgan fingerprint density at radius 3 is 2.19 bits per heavy atom. The normalized spacial score (nSPS) is 28.0. The Hall–Kier alpha value is -0.770. The maximum atomic E-state index is 11.8. The molecule has 1 atom stereocenters. The first kappa shape index (κ1) is 16.6. The van der Waals surface area contributed by atoms with Crippen LogP contribution in [0, 0.1) is 5.92 Å². The van der Waals surface area contributed by atoms with E-state index >= 15 is 0 Å². The van der Waals surface area contributed by atoms with Gasteiger partial charge in [0.1, 0.15) is 5.60 Å². The van der Waals surface area contributed by atoms with Crippen molar-refractivity contribution in [3.8, 4) is 0 Å². The Balaban J connectivity index is 1.62. The fraction of sp³-hybridized carbons (Fsp3) is 0.941. The van der Waals surface area contributed by atoms with Crippen molar-refractivity contribution in [1.82, 2.24) is 10.6 Å². The molecule has 0 aromatic heterocycles. The van der Waals surface area contributed by atoms with Crippen molar-refractivity contribution in [2.45, 2.75) is 96.4 Å². The van der Waals surface area contributed by atoms with Gasteiger partial charge in [-0.25, -0.2) is 4.79 Å². The minimum absolute atomic E-state index is 0.275. The van der Waals surface area contributed by atoms with Crippen LogP contribution in [0.3, 0.4) is 0 Å². The van der Waals surface area contributed by atoms with Crippen molar-refractivity contribution in [2.24, 2.45) is 5.92 Å². The molecular formula is C17H32N2O2. The molecule has 0 aromatic carbocycles. The van der Waals surface area contributed by atoms with Crippen molar-refractivity contribution >= 4 is 6.09 Å². The summed E-state index contributed by atoms with van der Waals surface area (Å²) in [5.41, 5.74) is -0.416. The van der Waals surface area contributed by atoms with Crippen molar-refractivity contribution in [3.63, 3.8) is 0 Å². The predicted molar refractivity (Wildman–Crippen MR) is 85.4 cm³/mol. The van der Waals surface area contributed by atoms with Gasteiger partial charge in [-0.3, -0.25) is 0 Å². The zero-order chi connectivity index (χ0) is 15.5. The van der Waals surface area contributed by atoms with Gasteiger partial charge in [0.05, 0.1) is 0 Å². The fourth-order valence-corrected chi connectivity index (χ4v) is 3.20. The number of ether oxygens (including phenoxy) is 1. The summed E-state index contributed by atoms with van der Waals surface area (Å²) in [7, 11) is 0. The molecule has 2 aliphatic rings. The second-order valence-corrected chi connectivity index (χ2v) is 7.94. The smallest absolute Gasteiger partial charge is 0.407 e. The summed E-state index contributed by atoms with van der Waals surface area (Å²) in [5.74, 6) is 0.984. The van der Waals surface area contributed by atoms with Crippen LogP contribution in [0.2, 0.25) is 0 Å². The standard InChI is InChI=1S/C17H32N2O2/c1-12(11-13-5-6-13)18-14-7-9-15(10-8-14)19-16(20)21-17(2,3)4/h12-15,18H,5-11H2,1-4H3,(H,19,20). The summed E-state index contributed by atoms with van der Waals surface area (Å²) in [6, 6.07) is 1.53. The van der Waals surface area contributed by atoms with E-state index in [0.717, 1.165) is 31.6 Å². The van der Waals surface area contributed by atoms with Crippen molar-refractivity contribution < 1.29 is 9.53 Å². The van der Waals surface area contributed by atoms with Crippen LogP contribution in [0.4, 0.5) is 4.79 Å². The molecule has 0 heterocycles. The summed E-state index contributed by atoms with van der Waals surface area (Å²) >= 11 is 0. The molecular weight excluding hydrogens is 264 g/mol. The van der Waals surface area contributed by atoms with Gasteiger partial charge in [0.15, 0.2) is 0 Å². The largest absolute Gasteiger partial charge is 0.444 e. The average molecular weight is 296 g/mol. The zero-order valence-electron chi connectivity index (χ0n) is 14.1. The van der Waals surface area contributed by atoms with Crippen molar-refractivity contribution in [2.75, 3.05) is 0 Å². The quantitative estimate of drug-likeness (QED) is 0.815. The van der Waals surface area contributed by atoms with Crippen LogP contribution in [-0.4, -0.2) is 29.8 Å². The van der Waals surface area contributed by atoms with Gasteiger partial charge in [-0.15, -0.1) is 0 Å². The Bertz CT molecular complexity index is 339. The van der Waals surface area contributed by atoms with E-state index in [1.807, 2.05) is 20.8 Å². The number of hydrogen-bond acceptors (Lipinski definition) is 3. The average Bonchev–Trinajstić information content (AvgIpc) is 3.13. The predicted octanol–water partition coefficient (Wildman–Crippen LogP) is 3.60. The summed E-state index contributed by atoms with van der Waals surface area (Å²) in [6.45, 7) is 8.00. The molecule has 0 spiro atoms. The number of rotatable bonds is 5. The lowest BCUT2D eigenvalue weighted by Gasteiger charge is -2.32. The third-order valence-electron chi connectivity index (χ3n) is 4.35. The number of hydrogen-bond donors (Lipinski definition) is 2. The number of amides is 1. The number of carbonyl (C=O) groups is 1. The Kier molecular flexibility index (Phi) is 5.53. The molecule has 4 heteroatoms. The fourth-order valence-electron chi connectivity index (χ4n) is 3.20. The number of carbonyl (C=O) groups excluding carboxylic acids is 1. The van der Waals surface area contributed by atoms with E-state index in [4.69, 9.17) is 4.74 Å². The first-order chi connectivity index (χ1) is 9.82. The molecule has 21 heavy (non-hydrogen) atoms. The number of nitrogens with one attached hydrogen (secondary N) is 2. The minimum Gasteiger partial charge on any atom is -0.444 e. The first-order valence-corrected chi connectivity index (χ1v) is 8.57. The highest BCUT2D eigenvalue weighted by Gasteiger charge is 2.27. The van der Waals surface area contributed by atoms with E-state index in [9.17, 15) is 4.79 Å². The van der Waals surface area contributed by atoms with Gasteiger partial charge in [-0.05, 0) is 65.7 Å². The van der Waals surface area contributed by atoms with Gasteiger partial charge in [-0.2, -0.15) is 0 Å². The van der Waals surface area contributed by atoms with Crippen LogP contribution in [0.25, 0.3) is 0 Å². The molecule has 2 fully saturated rings. The minimum atomic E-state index is -0.416. The molecule has 2 aliphatic carbocycles. The van der Waals surface area contributed by atoms with Crippen LogP contribution < -0.4 is 10.6 Å². The molecule has 1 unspecified atom stereocenters. The topological polar surface area (TPSA) is 50.4 Å². The van der Waals surface area contributed by atoms with Gasteiger partial charge < -0.3 is 15.4 Å². The van der Waals surface area contributed by atoms with E-state index in [1.54, 1.807) is 0 Å². The summed E-state index contributed by atoms with van der Waals surface area (Å²) in [6.07, 6.45) is 8.30.